The average molecular weight is 416 g/mol. The molecule has 0 spiro atoms. The van der Waals surface area contributed by atoms with Crippen molar-refractivity contribution in [3.8, 4) is 0 Å². The molecule has 2 aliphatic rings. The van der Waals surface area contributed by atoms with Gasteiger partial charge in [0, 0.05) is 32.2 Å². The number of urea groups is 1. The highest BCUT2D eigenvalue weighted by Gasteiger charge is 2.39. The standard InChI is InChI=1S/C17H22F2N4O4S/c1-2-3-14-16(24)23(17(25)20-14)11-21-6-8-22(9-7-21)28(26,27)15-5-4-12(18)10-13(15)19/h4-5,10,14H,2-3,6-9,11H2,1H3,(H,20,25)/t14-/m0/s1. The van der Waals surface area contributed by atoms with E-state index in [1.165, 1.54) is 0 Å². The Morgan fingerprint density at radius 1 is 1.14 bits per heavy atom. The third-order valence-electron chi connectivity index (χ3n) is 4.87. The minimum Gasteiger partial charge on any atom is -0.326 e. The first kappa shape index (κ1) is 20.6. The van der Waals surface area contributed by atoms with E-state index in [4.69, 9.17) is 0 Å². The lowest BCUT2D eigenvalue weighted by atomic mass is 10.2. The van der Waals surface area contributed by atoms with Crippen LogP contribution in [0.5, 0.6) is 0 Å². The molecule has 8 nitrogen and oxygen atoms in total. The summed E-state index contributed by atoms with van der Waals surface area (Å²) < 4.78 is 53.3. The number of sulfonamides is 1. The van der Waals surface area contributed by atoms with Crippen LogP contribution in [0.2, 0.25) is 0 Å². The smallest absolute Gasteiger partial charge is 0.325 e. The van der Waals surface area contributed by atoms with E-state index in [0.717, 1.165) is 27.8 Å². The van der Waals surface area contributed by atoms with Gasteiger partial charge in [0.1, 0.15) is 22.6 Å². The Hall–Kier alpha value is -2.11. The van der Waals surface area contributed by atoms with E-state index in [1.807, 2.05) is 6.92 Å². The zero-order chi connectivity index (χ0) is 20.5. The molecule has 0 saturated carbocycles. The van der Waals surface area contributed by atoms with Crippen molar-refractivity contribution in [3.63, 3.8) is 0 Å². The Morgan fingerprint density at radius 2 is 1.82 bits per heavy atom. The molecule has 0 unspecified atom stereocenters. The summed E-state index contributed by atoms with van der Waals surface area (Å²) in [5.74, 6) is -2.27. The summed E-state index contributed by atoms with van der Waals surface area (Å²) in [5, 5.41) is 2.64. The molecule has 2 fully saturated rings. The van der Waals surface area contributed by atoms with Gasteiger partial charge in [-0.1, -0.05) is 13.3 Å². The van der Waals surface area contributed by atoms with Crippen LogP contribution in [0.4, 0.5) is 13.6 Å². The maximum atomic E-state index is 13.9. The summed E-state index contributed by atoms with van der Waals surface area (Å²) in [6.45, 7) is 2.69. The highest BCUT2D eigenvalue weighted by atomic mass is 32.2. The highest BCUT2D eigenvalue weighted by molar-refractivity contribution is 7.89. The molecule has 2 saturated heterocycles. The fourth-order valence-electron chi connectivity index (χ4n) is 3.33. The maximum absolute atomic E-state index is 13.9. The molecule has 0 aromatic heterocycles. The number of benzene rings is 1. The van der Waals surface area contributed by atoms with Crippen LogP contribution in [0.1, 0.15) is 19.8 Å². The van der Waals surface area contributed by atoms with Crippen molar-refractivity contribution in [2.24, 2.45) is 0 Å². The van der Waals surface area contributed by atoms with Crippen molar-refractivity contribution in [1.29, 1.82) is 0 Å². The van der Waals surface area contributed by atoms with Crippen LogP contribution in [-0.4, -0.2) is 73.4 Å². The molecule has 28 heavy (non-hydrogen) atoms. The number of carbonyl (C=O) groups is 2. The third-order valence-corrected chi connectivity index (χ3v) is 6.80. The van der Waals surface area contributed by atoms with Crippen LogP contribution in [-0.2, 0) is 14.8 Å². The van der Waals surface area contributed by atoms with E-state index < -0.39 is 38.6 Å². The van der Waals surface area contributed by atoms with Crippen molar-refractivity contribution in [1.82, 2.24) is 19.4 Å². The van der Waals surface area contributed by atoms with Crippen molar-refractivity contribution < 1.29 is 26.8 Å². The number of hydrogen-bond donors (Lipinski definition) is 1. The average Bonchev–Trinajstić information content (AvgIpc) is 2.90. The molecule has 2 heterocycles. The van der Waals surface area contributed by atoms with Gasteiger partial charge in [0.2, 0.25) is 10.0 Å². The molecule has 1 atom stereocenters. The quantitative estimate of drug-likeness (QED) is 0.698. The van der Waals surface area contributed by atoms with E-state index in [2.05, 4.69) is 5.32 Å². The largest absolute Gasteiger partial charge is 0.326 e. The second-order valence-electron chi connectivity index (χ2n) is 6.80. The van der Waals surface area contributed by atoms with Gasteiger partial charge in [-0.3, -0.25) is 9.69 Å². The molecule has 154 valence electrons. The Kier molecular flexibility index (Phi) is 5.96. The van der Waals surface area contributed by atoms with Crippen LogP contribution in [0.25, 0.3) is 0 Å². The molecule has 1 aromatic rings. The normalized spacial score (nSPS) is 22.0. The highest BCUT2D eigenvalue weighted by Crippen LogP contribution is 2.22. The number of amides is 3. The topological polar surface area (TPSA) is 90.0 Å². The number of nitrogens with zero attached hydrogens (tertiary/aromatic N) is 3. The van der Waals surface area contributed by atoms with Crippen LogP contribution < -0.4 is 5.32 Å². The van der Waals surface area contributed by atoms with Gasteiger partial charge in [-0.15, -0.1) is 0 Å². The number of imide groups is 1. The number of hydrogen-bond acceptors (Lipinski definition) is 5. The molecule has 2 aliphatic heterocycles. The van der Waals surface area contributed by atoms with E-state index >= 15 is 0 Å². The SMILES string of the molecule is CCC[C@@H]1NC(=O)N(CN2CCN(S(=O)(=O)c3ccc(F)cc3F)CC2)C1=O. The molecule has 0 aliphatic carbocycles. The minimum absolute atomic E-state index is 0.0706. The molecule has 1 aromatic carbocycles. The number of rotatable bonds is 6. The monoisotopic (exact) mass is 416 g/mol. The zero-order valence-electron chi connectivity index (χ0n) is 15.4. The molecule has 11 heteroatoms. The summed E-state index contributed by atoms with van der Waals surface area (Å²) in [4.78, 5) is 26.6. The van der Waals surface area contributed by atoms with Crippen LogP contribution in [0, 0.1) is 11.6 Å². The molecular formula is C17H22F2N4O4S. The van der Waals surface area contributed by atoms with Gasteiger partial charge in [0.15, 0.2) is 0 Å². The first-order valence-electron chi connectivity index (χ1n) is 9.03. The number of piperazine rings is 1. The molecule has 0 bridgehead atoms. The van der Waals surface area contributed by atoms with Gasteiger partial charge in [-0.05, 0) is 18.6 Å². The second kappa shape index (κ2) is 8.10. The summed E-state index contributed by atoms with van der Waals surface area (Å²) >= 11 is 0. The molecule has 1 N–H and O–H groups in total. The number of carbonyl (C=O) groups excluding carboxylic acids is 2. The van der Waals surface area contributed by atoms with Gasteiger partial charge >= 0.3 is 6.03 Å². The Labute approximate surface area is 162 Å². The van der Waals surface area contributed by atoms with Crippen molar-refractivity contribution in [2.45, 2.75) is 30.7 Å². The fourth-order valence-corrected chi connectivity index (χ4v) is 4.80. The van der Waals surface area contributed by atoms with E-state index in [9.17, 15) is 26.8 Å². The molecule has 3 rings (SSSR count). The van der Waals surface area contributed by atoms with Crippen LogP contribution in [0.15, 0.2) is 23.1 Å². The van der Waals surface area contributed by atoms with Crippen molar-refractivity contribution in [3.05, 3.63) is 29.8 Å². The lowest BCUT2D eigenvalue weighted by molar-refractivity contribution is -0.129. The van der Waals surface area contributed by atoms with E-state index in [-0.39, 0.29) is 38.8 Å². The lowest BCUT2D eigenvalue weighted by Gasteiger charge is -2.35. The van der Waals surface area contributed by atoms with Gasteiger partial charge in [0.25, 0.3) is 5.91 Å². The summed E-state index contributed by atoms with van der Waals surface area (Å²) in [5.41, 5.74) is 0. The zero-order valence-corrected chi connectivity index (χ0v) is 16.2. The first-order valence-corrected chi connectivity index (χ1v) is 10.5. The summed E-state index contributed by atoms with van der Waals surface area (Å²) in [7, 11) is -4.09. The molecule has 0 radical (unpaired) electrons. The van der Waals surface area contributed by atoms with Gasteiger partial charge < -0.3 is 5.32 Å². The van der Waals surface area contributed by atoms with Crippen molar-refractivity contribution in [2.75, 3.05) is 32.8 Å². The van der Waals surface area contributed by atoms with E-state index in [1.54, 1.807) is 4.90 Å². The predicted octanol–water partition coefficient (Wildman–Crippen LogP) is 0.949. The van der Waals surface area contributed by atoms with Gasteiger partial charge in [0.05, 0.1) is 6.67 Å². The molecule has 3 amide bonds. The predicted molar refractivity (Wildman–Crippen MR) is 95.6 cm³/mol. The number of nitrogens with one attached hydrogen (secondary N) is 1. The Morgan fingerprint density at radius 3 is 2.43 bits per heavy atom. The van der Waals surface area contributed by atoms with Crippen LogP contribution >= 0.6 is 0 Å². The summed E-state index contributed by atoms with van der Waals surface area (Å²) in [6.07, 6.45) is 1.33. The first-order chi connectivity index (χ1) is 13.2. The Balaban J connectivity index is 1.61. The van der Waals surface area contributed by atoms with E-state index in [0.29, 0.717) is 12.5 Å². The lowest BCUT2D eigenvalue weighted by Crippen LogP contribution is -2.52. The maximum Gasteiger partial charge on any atom is 0.325 e. The summed E-state index contributed by atoms with van der Waals surface area (Å²) in [6, 6.07) is 1.38. The van der Waals surface area contributed by atoms with Gasteiger partial charge in [-0.2, -0.15) is 4.31 Å². The van der Waals surface area contributed by atoms with Crippen molar-refractivity contribution >= 4 is 22.0 Å². The van der Waals surface area contributed by atoms with Gasteiger partial charge in [-0.25, -0.2) is 26.9 Å². The fraction of sp³-hybridized carbons (Fsp3) is 0.529. The third kappa shape index (κ3) is 4.01. The van der Waals surface area contributed by atoms with Crippen LogP contribution in [0.3, 0.4) is 0 Å². The number of halogens is 2. The second-order valence-corrected chi connectivity index (χ2v) is 8.70. The molecular weight excluding hydrogens is 394 g/mol. The Bertz CT molecular complexity index is 872. The minimum atomic E-state index is -4.09.